The third-order valence-corrected chi connectivity index (χ3v) is 3.39. The van der Waals surface area contributed by atoms with Crippen LogP contribution in [-0.2, 0) is 6.54 Å². The lowest BCUT2D eigenvalue weighted by Crippen LogP contribution is -2.26. The molecule has 0 bridgehead atoms. The Bertz CT molecular complexity index is 640. The second-order valence-corrected chi connectivity index (χ2v) is 5.01. The lowest BCUT2D eigenvalue weighted by atomic mass is 10.1. The predicted molar refractivity (Wildman–Crippen MR) is 79.7 cm³/mol. The van der Waals surface area contributed by atoms with Gasteiger partial charge in [-0.15, -0.1) is 0 Å². The SMILES string of the molecule is CN(Cc1ccc2c(c1)OCCO2)C(=O)c1ccccc1. The summed E-state index contributed by atoms with van der Waals surface area (Å²) in [5.41, 5.74) is 1.71. The molecule has 21 heavy (non-hydrogen) atoms. The van der Waals surface area contributed by atoms with Crippen LogP contribution in [0.1, 0.15) is 15.9 Å². The second-order valence-electron chi connectivity index (χ2n) is 5.01. The summed E-state index contributed by atoms with van der Waals surface area (Å²) in [6.07, 6.45) is 0. The number of fused-ring (bicyclic) bond motifs is 1. The fraction of sp³-hybridized carbons (Fsp3) is 0.235. The number of hydrogen-bond donors (Lipinski definition) is 0. The van der Waals surface area contributed by atoms with Crippen molar-refractivity contribution < 1.29 is 14.3 Å². The number of amides is 1. The summed E-state index contributed by atoms with van der Waals surface area (Å²) in [4.78, 5) is 14.0. The Labute approximate surface area is 123 Å². The minimum atomic E-state index is 0.00508. The first kappa shape index (κ1) is 13.5. The molecular formula is C17H17NO3. The van der Waals surface area contributed by atoms with Gasteiger partial charge in [-0.2, -0.15) is 0 Å². The van der Waals surface area contributed by atoms with E-state index < -0.39 is 0 Å². The molecule has 108 valence electrons. The lowest BCUT2D eigenvalue weighted by Gasteiger charge is -2.21. The molecule has 0 N–H and O–H groups in total. The standard InChI is InChI=1S/C17H17NO3/c1-18(17(19)14-5-3-2-4-6-14)12-13-7-8-15-16(11-13)21-10-9-20-15/h2-8,11H,9-10,12H2,1H3. The van der Waals surface area contributed by atoms with Crippen molar-refractivity contribution in [2.75, 3.05) is 20.3 Å². The van der Waals surface area contributed by atoms with Crippen molar-refractivity contribution in [2.45, 2.75) is 6.54 Å². The van der Waals surface area contributed by atoms with E-state index in [1.807, 2.05) is 48.5 Å². The van der Waals surface area contributed by atoms with Crippen LogP contribution in [0, 0.1) is 0 Å². The van der Waals surface area contributed by atoms with Crippen LogP contribution in [0.2, 0.25) is 0 Å². The molecule has 4 nitrogen and oxygen atoms in total. The van der Waals surface area contributed by atoms with Gasteiger partial charge in [-0.25, -0.2) is 0 Å². The number of benzene rings is 2. The Morgan fingerprint density at radius 2 is 1.76 bits per heavy atom. The first-order chi connectivity index (χ1) is 10.2. The highest BCUT2D eigenvalue weighted by atomic mass is 16.6. The summed E-state index contributed by atoms with van der Waals surface area (Å²) in [6, 6.07) is 15.1. The molecule has 1 aliphatic rings. The zero-order chi connectivity index (χ0) is 14.7. The van der Waals surface area contributed by atoms with Gasteiger partial charge >= 0.3 is 0 Å². The summed E-state index contributed by atoms with van der Waals surface area (Å²) in [6.45, 7) is 1.68. The highest BCUT2D eigenvalue weighted by Gasteiger charge is 2.15. The average molecular weight is 283 g/mol. The van der Waals surface area contributed by atoms with Crippen molar-refractivity contribution >= 4 is 5.91 Å². The van der Waals surface area contributed by atoms with E-state index in [-0.39, 0.29) is 5.91 Å². The topological polar surface area (TPSA) is 38.8 Å². The van der Waals surface area contributed by atoms with Gasteiger partial charge in [0.15, 0.2) is 11.5 Å². The summed E-state index contributed by atoms with van der Waals surface area (Å²) < 4.78 is 11.1. The van der Waals surface area contributed by atoms with Crippen molar-refractivity contribution in [3.05, 3.63) is 59.7 Å². The number of hydrogen-bond acceptors (Lipinski definition) is 3. The van der Waals surface area contributed by atoms with Crippen molar-refractivity contribution in [1.82, 2.24) is 4.90 Å². The van der Waals surface area contributed by atoms with Crippen LogP contribution in [0.4, 0.5) is 0 Å². The first-order valence-corrected chi connectivity index (χ1v) is 6.93. The van der Waals surface area contributed by atoms with Gasteiger partial charge in [0.2, 0.25) is 0 Å². The van der Waals surface area contributed by atoms with Crippen LogP contribution < -0.4 is 9.47 Å². The molecule has 1 aliphatic heterocycles. The smallest absolute Gasteiger partial charge is 0.253 e. The monoisotopic (exact) mass is 283 g/mol. The summed E-state index contributed by atoms with van der Waals surface area (Å²) >= 11 is 0. The van der Waals surface area contributed by atoms with Gasteiger partial charge in [0.25, 0.3) is 5.91 Å². The number of rotatable bonds is 3. The maximum atomic E-state index is 12.3. The Hall–Kier alpha value is -2.49. The van der Waals surface area contributed by atoms with Crippen molar-refractivity contribution in [3.63, 3.8) is 0 Å². The van der Waals surface area contributed by atoms with Gasteiger partial charge in [-0.1, -0.05) is 24.3 Å². The van der Waals surface area contributed by atoms with E-state index in [2.05, 4.69) is 0 Å². The Kier molecular flexibility index (Phi) is 3.77. The van der Waals surface area contributed by atoms with Crippen molar-refractivity contribution in [1.29, 1.82) is 0 Å². The highest BCUT2D eigenvalue weighted by molar-refractivity contribution is 5.93. The van der Waals surface area contributed by atoms with Crippen LogP contribution in [0.15, 0.2) is 48.5 Å². The van der Waals surface area contributed by atoms with Crippen molar-refractivity contribution in [3.8, 4) is 11.5 Å². The van der Waals surface area contributed by atoms with Gasteiger partial charge < -0.3 is 14.4 Å². The van der Waals surface area contributed by atoms with Gasteiger partial charge in [0.1, 0.15) is 13.2 Å². The number of ether oxygens (including phenoxy) is 2. The molecule has 0 spiro atoms. The Morgan fingerprint density at radius 3 is 2.52 bits per heavy atom. The highest BCUT2D eigenvalue weighted by Crippen LogP contribution is 2.31. The van der Waals surface area contributed by atoms with Crippen LogP contribution in [-0.4, -0.2) is 31.1 Å². The summed E-state index contributed by atoms with van der Waals surface area (Å²) in [5.74, 6) is 1.52. The van der Waals surface area contributed by atoms with E-state index in [0.29, 0.717) is 25.3 Å². The molecule has 0 unspecified atom stereocenters. The van der Waals surface area contributed by atoms with E-state index >= 15 is 0 Å². The fourth-order valence-electron chi connectivity index (χ4n) is 2.33. The maximum absolute atomic E-state index is 12.3. The van der Waals surface area contributed by atoms with E-state index in [0.717, 1.165) is 17.1 Å². The van der Waals surface area contributed by atoms with E-state index in [4.69, 9.17) is 9.47 Å². The largest absolute Gasteiger partial charge is 0.486 e. The lowest BCUT2D eigenvalue weighted by molar-refractivity contribution is 0.0785. The maximum Gasteiger partial charge on any atom is 0.253 e. The molecule has 2 aromatic carbocycles. The third kappa shape index (κ3) is 2.99. The minimum Gasteiger partial charge on any atom is -0.486 e. The van der Waals surface area contributed by atoms with Crippen LogP contribution >= 0.6 is 0 Å². The van der Waals surface area contributed by atoms with Crippen molar-refractivity contribution in [2.24, 2.45) is 0 Å². The molecule has 0 aliphatic carbocycles. The molecule has 3 rings (SSSR count). The minimum absolute atomic E-state index is 0.00508. The zero-order valence-corrected chi connectivity index (χ0v) is 11.9. The molecule has 2 aromatic rings. The summed E-state index contributed by atoms with van der Waals surface area (Å²) in [7, 11) is 1.80. The van der Waals surface area contributed by atoms with Crippen LogP contribution in [0.25, 0.3) is 0 Å². The Balaban J connectivity index is 1.73. The van der Waals surface area contributed by atoms with Gasteiger partial charge in [0.05, 0.1) is 0 Å². The van der Waals surface area contributed by atoms with E-state index in [1.54, 1.807) is 11.9 Å². The molecule has 0 aromatic heterocycles. The molecule has 1 amide bonds. The predicted octanol–water partition coefficient (Wildman–Crippen LogP) is 2.73. The molecule has 0 fully saturated rings. The van der Waals surface area contributed by atoms with Gasteiger partial charge in [0, 0.05) is 19.2 Å². The molecule has 4 heteroatoms. The van der Waals surface area contributed by atoms with Gasteiger partial charge in [-0.05, 0) is 29.8 Å². The third-order valence-electron chi connectivity index (χ3n) is 3.39. The first-order valence-electron chi connectivity index (χ1n) is 6.93. The number of carbonyl (C=O) groups is 1. The van der Waals surface area contributed by atoms with E-state index in [1.165, 1.54) is 0 Å². The molecule has 0 saturated heterocycles. The quantitative estimate of drug-likeness (QED) is 0.869. The molecule has 0 saturated carbocycles. The second kappa shape index (κ2) is 5.87. The van der Waals surface area contributed by atoms with E-state index in [9.17, 15) is 4.79 Å². The number of nitrogens with zero attached hydrogens (tertiary/aromatic N) is 1. The van der Waals surface area contributed by atoms with Gasteiger partial charge in [-0.3, -0.25) is 4.79 Å². The molecule has 0 atom stereocenters. The van der Waals surface area contributed by atoms with Crippen LogP contribution in [0.3, 0.4) is 0 Å². The normalized spacial score (nSPS) is 12.8. The Morgan fingerprint density at radius 1 is 1.05 bits per heavy atom. The van der Waals surface area contributed by atoms with Crippen LogP contribution in [0.5, 0.6) is 11.5 Å². The fourth-order valence-corrected chi connectivity index (χ4v) is 2.33. The summed E-state index contributed by atoms with van der Waals surface area (Å²) in [5, 5.41) is 0. The molecule has 1 heterocycles. The average Bonchev–Trinajstić information content (AvgIpc) is 2.55. The molecule has 0 radical (unpaired) electrons. The molecular weight excluding hydrogens is 266 g/mol. The zero-order valence-electron chi connectivity index (χ0n) is 11.9. The number of carbonyl (C=O) groups excluding carboxylic acids is 1.